The van der Waals surface area contributed by atoms with Crippen LogP contribution in [0.5, 0.6) is 0 Å². The summed E-state index contributed by atoms with van der Waals surface area (Å²) >= 11 is 5.51. The molecule has 108 valence electrons. The molecule has 1 atom stereocenters. The normalized spacial score (nSPS) is 12.8. The summed E-state index contributed by atoms with van der Waals surface area (Å²) in [4.78, 5) is 3.79. The highest BCUT2D eigenvalue weighted by atomic mass is 79.9. The first-order chi connectivity index (χ1) is 9.61. The average molecular weight is 353 g/mol. The highest BCUT2D eigenvalue weighted by Gasteiger charge is 2.14. The summed E-state index contributed by atoms with van der Waals surface area (Å²) in [6.07, 6.45) is 0. The van der Waals surface area contributed by atoms with E-state index in [9.17, 15) is 0 Å². The van der Waals surface area contributed by atoms with Crippen LogP contribution in [0.2, 0.25) is 0 Å². The van der Waals surface area contributed by atoms with Crippen LogP contribution < -0.4 is 5.32 Å². The average Bonchev–Trinajstić information content (AvgIpc) is 2.95. The summed E-state index contributed by atoms with van der Waals surface area (Å²) in [5.74, 6) is 0. The molecular weight excluding hydrogens is 332 g/mol. The van der Waals surface area contributed by atoms with Crippen molar-refractivity contribution in [3.05, 3.63) is 56.2 Å². The van der Waals surface area contributed by atoms with E-state index in [4.69, 9.17) is 0 Å². The van der Waals surface area contributed by atoms with Crippen molar-refractivity contribution in [2.24, 2.45) is 0 Å². The second-order valence-electron chi connectivity index (χ2n) is 5.06. The molecule has 4 heteroatoms. The minimum absolute atomic E-state index is 0.443. The van der Waals surface area contributed by atoms with Gasteiger partial charge in [-0.05, 0) is 49.7 Å². The summed E-state index contributed by atoms with van der Waals surface area (Å²) < 4.78 is 1.19. The first kappa shape index (κ1) is 15.7. The Morgan fingerprint density at radius 3 is 2.75 bits per heavy atom. The molecule has 0 aliphatic rings. The number of rotatable bonds is 6. The van der Waals surface area contributed by atoms with E-state index in [2.05, 4.69) is 75.8 Å². The predicted molar refractivity (Wildman–Crippen MR) is 91.1 cm³/mol. The fraction of sp³-hybridized carbons (Fsp3) is 0.375. The highest BCUT2D eigenvalue weighted by Crippen LogP contribution is 2.27. The first-order valence-corrected chi connectivity index (χ1v) is 8.44. The Bertz CT molecular complexity index is 539. The Kier molecular flexibility index (Phi) is 5.78. The van der Waals surface area contributed by atoms with Crippen LogP contribution in [-0.4, -0.2) is 19.0 Å². The van der Waals surface area contributed by atoms with Gasteiger partial charge in [-0.1, -0.05) is 34.1 Å². The number of hydrogen-bond donors (Lipinski definition) is 1. The van der Waals surface area contributed by atoms with Gasteiger partial charge < -0.3 is 5.32 Å². The fourth-order valence-corrected chi connectivity index (χ4v) is 3.58. The molecule has 0 amide bonds. The maximum absolute atomic E-state index is 3.69. The molecule has 2 rings (SSSR count). The van der Waals surface area contributed by atoms with Crippen molar-refractivity contribution >= 4 is 27.3 Å². The number of benzene rings is 1. The number of nitrogens with zero attached hydrogens (tertiary/aromatic N) is 1. The van der Waals surface area contributed by atoms with Gasteiger partial charge in [-0.15, -0.1) is 11.3 Å². The summed E-state index contributed by atoms with van der Waals surface area (Å²) in [6, 6.07) is 11.4. The van der Waals surface area contributed by atoms with Crippen LogP contribution in [0.1, 0.15) is 29.0 Å². The van der Waals surface area contributed by atoms with Crippen LogP contribution in [0.3, 0.4) is 0 Å². The molecule has 0 aliphatic carbocycles. The summed E-state index contributed by atoms with van der Waals surface area (Å²) in [6.45, 7) is 4.11. The van der Waals surface area contributed by atoms with Gasteiger partial charge in [0.1, 0.15) is 0 Å². The van der Waals surface area contributed by atoms with Gasteiger partial charge in [-0.3, -0.25) is 4.90 Å². The molecule has 1 aromatic heterocycles. The van der Waals surface area contributed by atoms with E-state index in [1.807, 2.05) is 18.4 Å². The molecule has 20 heavy (non-hydrogen) atoms. The molecule has 0 fully saturated rings. The van der Waals surface area contributed by atoms with E-state index < -0.39 is 0 Å². The van der Waals surface area contributed by atoms with Crippen LogP contribution in [-0.2, 0) is 13.1 Å². The van der Waals surface area contributed by atoms with Crippen molar-refractivity contribution in [3.8, 4) is 0 Å². The molecule has 2 aromatic rings. The second-order valence-corrected chi connectivity index (χ2v) is 6.90. The summed E-state index contributed by atoms with van der Waals surface area (Å²) in [7, 11) is 4.15. The third-order valence-corrected chi connectivity index (χ3v) is 5.32. The van der Waals surface area contributed by atoms with Crippen molar-refractivity contribution in [1.29, 1.82) is 0 Å². The van der Waals surface area contributed by atoms with Crippen molar-refractivity contribution in [2.75, 3.05) is 14.1 Å². The monoisotopic (exact) mass is 352 g/mol. The van der Waals surface area contributed by atoms with Gasteiger partial charge in [0, 0.05) is 28.5 Å². The molecule has 0 radical (unpaired) electrons. The van der Waals surface area contributed by atoms with Gasteiger partial charge in [0.15, 0.2) is 0 Å². The molecular formula is C16H21BrN2S. The predicted octanol–water partition coefficient (Wildman–Crippen LogP) is 4.42. The van der Waals surface area contributed by atoms with Crippen LogP contribution in [0.4, 0.5) is 0 Å². The van der Waals surface area contributed by atoms with E-state index in [1.54, 1.807) is 0 Å². The standard InChI is InChI=1S/C16H21BrN2S/c1-12(16-5-4-8-20-16)19(3)11-14-7-6-13(10-18-2)9-15(14)17/h4-9,12,18H,10-11H2,1-3H3. The summed E-state index contributed by atoms with van der Waals surface area (Å²) in [5.41, 5.74) is 2.63. The fourth-order valence-electron chi connectivity index (χ4n) is 2.18. The van der Waals surface area contributed by atoms with E-state index in [1.165, 1.54) is 20.5 Å². The van der Waals surface area contributed by atoms with Crippen molar-refractivity contribution < 1.29 is 0 Å². The van der Waals surface area contributed by atoms with Crippen molar-refractivity contribution in [2.45, 2.75) is 26.1 Å². The molecule has 1 aromatic carbocycles. The number of halogens is 1. The first-order valence-electron chi connectivity index (χ1n) is 6.77. The zero-order valence-electron chi connectivity index (χ0n) is 12.2. The lowest BCUT2D eigenvalue weighted by Crippen LogP contribution is -2.21. The quantitative estimate of drug-likeness (QED) is 0.827. The molecule has 1 heterocycles. The molecule has 2 nitrogen and oxygen atoms in total. The highest BCUT2D eigenvalue weighted by molar-refractivity contribution is 9.10. The Morgan fingerprint density at radius 2 is 2.15 bits per heavy atom. The van der Waals surface area contributed by atoms with Crippen LogP contribution in [0, 0.1) is 0 Å². The van der Waals surface area contributed by atoms with E-state index in [-0.39, 0.29) is 0 Å². The molecule has 0 aliphatic heterocycles. The molecule has 1 N–H and O–H groups in total. The van der Waals surface area contributed by atoms with Crippen molar-refractivity contribution in [1.82, 2.24) is 10.2 Å². The lowest BCUT2D eigenvalue weighted by Gasteiger charge is -2.24. The summed E-state index contributed by atoms with van der Waals surface area (Å²) in [5, 5.41) is 5.32. The number of nitrogens with one attached hydrogen (secondary N) is 1. The topological polar surface area (TPSA) is 15.3 Å². The van der Waals surface area contributed by atoms with Crippen LogP contribution >= 0.6 is 27.3 Å². The van der Waals surface area contributed by atoms with Crippen LogP contribution in [0.25, 0.3) is 0 Å². The van der Waals surface area contributed by atoms with E-state index in [0.717, 1.165) is 13.1 Å². The molecule has 0 bridgehead atoms. The van der Waals surface area contributed by atoms with Gasteiger partial charge in [0.05, 0.1) is 0 Å². The minimum atomic E-state index is 0.443. The van der Waals surface area contributed by atoms with Gasteiger partial charge in [-0.2, -0.15) is 0 Å². The largest absolute Gasteiger partial charge is 0.316 e. The van der Waals surface area contributed by atoms with Gasteiger partial charge in [0.25, 0.3) is 0 Å². The van der Waals surface area contributed by atoms with Gasteiger partial charge in [0.2, 0.25) is 0 Å². The zero-order chi connectivity index (χ0) is 14.5. The molecule has 0 saturated carbocycles. The Labute approximate surface area is 133 Å². The molecule has 1 unspecified atom stereocenters. The Balaban J connectivity index is 2.06. The Morgan fingerprint density at radius 1 is 1.35 bits per heavy atom. The smallest absolute Gasteiger partial charge is 0.0413 e. The zero-order valence-corrected chi connectivity index (χ0v) is 14.6. The lowest BCUT2D eigenvalue weighted by atomic mass is 10.1. The third-order valence-electron chi connectivity index (χ3n) is 3.53. The number of hydrogen-bond acceptors (Lipinski definition) is 3. The third kappa shape index (κ3) is 3.92. The van der Waals surface area contributed by atoms with E-state index in [0.29, 0.717) is 6.04 Å². The number of thiophene rings is 1. The molecule has 0 saturated heterocycles. The second kappa shape index (κ2) is 7.36. The molecule has 0 spiro atoms. The minimum Gasteiger partial charge on any atom is -0.316 e. The Hall–Kier alpha value is -0.680. The van der Waals surface area contributed by atoms with Gasteiger partial charge >= 0.3 is 0 Å². The van der Waals surface area contributed by atoms with Crippen LogP contribution in [0.15, 0.2) is 40.2 Å². The SMILES string of the molecule is CNCc1ccc(CN(C)C(C)c2cccs2)c(Br)c1. The maximum atomic E-state index is 3.69. The van der Waals surface area contributed by atoms with Gasteiger partial charge in [-0.25, -0.2) is 0 Å². The van der Waals surface area contributed by atoms with Crippen molar-refractivity contribution in [3.63, 3.8) is 0 Å². The van der Waals surface area contributed by atoms with E-state index >= 15 is 0 Å². The maximum Gasteiger partial charge on any atom is 0.0413 e. The lowest BCUT2D eigenvalue weighted by molar-refractivity contribution is 0.256.